The maximum absolute atomic E-state index is 13.0. The highest BCUT2D eigenvalue weighted by atomic mass is 19.1. The number of rotatable bonds is 3. The van der Waals surface area contributed by atoms with E-state index >= 15 is 0 Å². The Hall–Kier alpha value is -1.26. The van der Waals surface area contributed by atoms with Crippen LogP contribution in [-0.2, 0) is 0 Å². The van der Waals surface area contributed by atoms with Gasteiger partial charge in [-0.3, -0.25) is 4.79 Å². The minimum Gasteiger partial charge on any atom is -0.387 e. The molecular formula is C10H12FNO2. The second-order valence-corrected chi connectivity index (χ2v) is 3.10. The molecule has 0 spiro atoms. The molecule has 0 fully saturated rings. The summed E-state index contributed by atoms with van der Waals surface area (Å²) < 4.78 is 13.0. The average molecular weight is 197 g/mol. The van der Waals surface area contributed by atoms with Gasteiger partial charge in [-0.1, -0.05) is 0 Å². The second-order valence-electron chi connectivity index (χ2n) is 3.10. The first kappa shape index (κ1) is 10.8. The molecule has 0 aromatic heterocycles. The lowest BCUT2D eigenvalue weighted by Gasteiger charge is -2.11. The summed E-state index contributed by atoms with van der Waals surface area (Å²) in [7, 11) is 0. The number of hydrogen-bond donors (Lipinski definition) is 2. The third-order valence-electron chi connectivity index (χ3n) is 2.07. The van der Waals surface area contributed by atoms with Crippen molar-refractivity contribution in [3.63, 3.8) is 0 Å². The van der Waals surface area contributed by atoms with Crippen molar-refractivity contribution in [1.82, 2.24) is 0 Å². The number of aliphatic hydroxyl groups excluding tert-OH is 1. The maximum Gasteiger partial charge on any atom is 0.150 e. The Morgan fingerprint density at radius 3 is 2.79 bits per heavy atom. The molecule has 3 N–H and O–H groups in total. The van der Waals surface area contributed by atoms with Crippen LogP contribution in [0.5, 0.6) is 0 Å². The molecule has 0 aliphatic heterocycles. The van der Waals surface area contributed by atoms with Crippen molar-refractivity contribution < 1.29 is 14.3 Å². The van der Waals surface area contributed by atoms with Gasteiger partial charge in [0.15, 0.2) is 6.29 Å². The van der Waals surface area contributed by atoms with Crippen LogP contribution in [0.25, 0.3) is 0 Å². The summed E-state index contributed by atoms with van der Waals surface area (Å²) >= 11 is 0. The summed E-state index contributed by atoms with van der Waals surface area (Å²) in [5, 5.41) is 9.45. The second kappa shape index (κ2) is 4.30. The number of benzene rings is 1. The normalized spacial score (nSPS) is 12.6. The molecule has 3 nitrogen and oxygen atoms in total. The lowest BCUT2D eigenvalue weighted by molar-refractivity contribution is 0.111. The minimum atomic E-state index is -0.922. The van der Waals surface area contributed by atoms with Crippen LogP contribution in [0.15, 0.2) is 12.1 Å². The molecule has 4 heteroatoms. The van der Waals surface area contributed by atoms with E-state index in [1.807, 2.05) is 0 Å². The fraction of sp³-hybridized carbons (Fsp3) is 0.300. The number of carbonyl (C=O) groups is 1. The van der Waals surface area contributed by atoms with Gasteiger partial charge in [0.1, 0.15) is 5.82 Å². The molecule has 76 valence electrons. The first-order chi connectivity index (χ1) is 6.60. The van der Waals surface area contributed by atoms with Gasteiger partial charge >= 0.3 is 0 Å². The van der Waals surface area contributed by atoms with Crippen LogP contribution in [-0.4, -0.2) is 17.9 Å². The van der Waals surface area contributed by atoms with Crippen molar-refractivity contribution in [1.29, 1.82) is 0 Å². The smallest absolute Gasteiger partial charge is 0.150 e. The summed E-state index contributed by atoms with van der Waals surface area (Å²) in [6, 6.07) is 2.55. The van der Waals surface area contributed by atoms with Crippen LogP contribution < -0.4 is 5.73 Å². The SMILES string of the molecule is Cc1cc(C(O)CN)c(C=O)cc1F. The molecule has 0 amide bonds. The number of halogens is 1. The third kappa shape index (κ3) is 1.97. The Kier molecular flexibility index (Phi) is 3.33. The Labute approximate surface area is 81.4 Å². The van der Waals surface area contributed by atoms with Gasteiger partial charge in [-0.25, -0.2) is 4.39 Å². The topological polar surface area (TPSA) is 63.3 Å². The molecule has 1 aromatic carbocycles. The quantitative estimate of drug-likeness (QED) is 0.709. The van der Waals surface area contributed by atoms with E-state index in [9.17, 15) is 14.3 Å². The predicted octanol–water partition coefficient (Wildman–Crippen LogP) is 0.939. The number of aryl methyl sites for hydroxylation is 1. The molecule has 14 heavy (non-hydrogen) atoms. The molecule has 1 rings (SSSR count). The van der Waals surface area contributed by atoms with Gasteiger partial charge in [0, 0.05) is 12.1 Å². The fourth-order valence-corrected chi connectivity index (χ4v) is 1.24. The van der Waals surface area contributed by atoms with E-state index in [1.165, 1.54) is 6.07 Å². The molecule has 1 atom stereocenters. The maximum atomic E-state index is 13.0. The molecule has 0 heterocycles. The standard InChI is InChI=1S/C10H12FNO2/c1-6-2-8(10(14)4-12)7(5-13)3-9(6)11/h2-3,5,10,14H,4,12H2,1H3. The van der Waals surface area contributed by atoms with Crippen LogP contribution in [0, 0.1) is 12.7 Å². The zero-order valence-electron chi connectivity index (χ0n) is 7.83. The van der Waals surface area contributed by atoms with Crippen molar-refractivity contribution >= 4 is 6.29 Å². The Morgan fingerprint density at radius 2 is 2.29 bits per heavy atom. The van der Waals surface area contributed by atoms with Gasteiger partial charge in [0.25, 0.3) is 0 Å². The van der Waals surface area contributed by atoms with E-state index in [1.54, 1.807) is 6.92 Å². The highest BCUT2D eigenvalue weighted by Gasteiger charge is 2.13. The predicted molar refractivity (Wildman–Crippen MR) is 50.5 cm³/mol. The van der Waals surface area contributed by atoms with E-state index in [0.29, 0.717) is 17.4 Å². The summed E-state index contributed by atoms with van der Waals surface area (Å²) in [5.41, 5.74) is 6.16. The Bertz CT molecular complexity index is 352. The van der Waals surface area contributed by atoms with Crippen molar-refractivity contribution in [2.75, 3.05) is 6.54 Å². The Balaban J connectivity index is 3.26. The lowest BCUT2D eigenvalue weighted by Crippen LogP contribution is -2.14. The van der Waals surface area contributed by atoms with E-state index in [0.717, 1.165) is 6.07 Å². The molecule has 0 aliphatic carbocycles. The number of carbonyl (C=O) groups excluding carboxylic acids is 1. The van der Waals surface area contributed by atoms with E-state index < -0.39 is 11.9 Å². The van der Waals surface area contributed by atoms with Crippen LogP contribution in [0.1, 0.15) is 27.6 Å². The van der Waals surface area contributed by atoms with Gasteiger partial charge < -0.3 is 10.8 Å². The number of hydrogen-bond acceptors (Lipinski definition) is 3. The average Bonchev–Trinajstić information content (AvgIpc) is 2.20. The van der Waals surface area contributed by atoms with Gasteiger partial charge in [0.05, 0.1) is 6.10 Å². The molecule has 0 saturated carbocycles. The van der Waals surface area contributed by atoms with Gasteiger partial charge in [-0.2, -0.15) is 0 Å². The van der Waals surface area contributed by atoms with E-state index in [4.69, 9.17) is 5.73 Å². The zero-order valence-corrected chi connectivity index (χ0v) is 7.83. The van der Waals surface area contributed by atoms with E-state index in [2.05, 4.69) is 0 Å². The Morgan fingerprint density at radius 1 is 1.64 bits per heavy atom. The van der Waals surface area contributed by atoms with E-state index in [-0.39, 0.29) is 12.1 Å². The third-order valence-corrected chi connectivity index (χ3v) is 2.07. The van der Waals surface area contributed by atoms with Gasteiger partial charge in [0.2, 0.25) is 0 Å². The van der Waals surface area contributed by atoms with Crippen LogP contribution in [0.4, 0.5) is 4.39 Å². The van der Waals surface area contributed by atoms with Crippen molar-refractivity contribution in [3.05, 3.63) is 34.6 Å². The molecular weight excluding hydrogens is 185 g/mol. The minimum absolute atomic E-state index is 0.00587. The van der Waals surface area contributed by atoms with Crippen LogP contribution in [0.2, 0.25) is 0 Å². The molecule has 1 unspecified atom stereocenters. The summed E-state index contributed by atoms with van der Waals surface area (Å²) in [4.78, 5) is 10.6. The van der Waals surface area contributed by atoms with Crippen LogP contribution >= 0.6 is 0 Å². The molecule has 0 bridgehead atoms. The fourth-order valence-electron chi connectivity index (χ4n) is 1.24. The number of nitrogens with two attached hydrogens (primary N) is 1. The highest BCUT2D eigenvalue weighted by Crippen LogP contribution is 2.20. The van der Waals surface area contributed by atoms with Crippen molar-refractivity contribution in [2.24, 2.45) is 5.73 Å². The largest absolute Gasteiger partial charge is 0.387 e. The summed E-state index contributed by atoms with van der Waals surface area (Å²) in [6.45, 7) is 1.57. The van der Waals surface area contributed by atoms with Crippen molar-refractivity contribution in [3.8, 4) is 0 Å². The number of aliphatic hydroxyl groups is 1. The first-order valence-corrected chi connectivity index (χ1v) is 4.23. The summed E-state index contributed by atoms with van der Waals surface area (Å²) in [5.74, 6) is -0.458. The first-order valence-electron chi connectivity index (χ1n) is 4.23. The number of aldehydes is 1. The summed E-state index contributed by atoms with van der Waals surface area (Å²) in [6.07, 6.45) is -0.411. The zero-order chi connectivity index (χ0) is 10.7. The molecule has 0 saturated heterocycles. The van der Waals surface area contributed by atoms with Gasteiger partial charge in [-0.15, -0.1) is 0 Å². The molecule has 1 aromatic rings. The van der Waals surface area contributed by atoms with Crippen LogP contribution in [0.3, 0.4) is 0 Å². The van der Waals surface area contributed by atoms with Crippen molar-refractivity contribution in [2.45, 2.75) is 13.0 Å². The molecule has 0 aliphatic rings. The molecule has 0 radical (unpaired) electrons. The highest BCUT2D eigenvalue weighted by molar-refractivity contribution is 5.77. The van der Waals surface area contributed by atoms with Gasteiger partial charge in [-0.05, 0) is 30.2 Å². The monoisotopic (exact) mass is 197 g/mol. The lowest BCUT2D eigenvalue weighted by atomic mass is 10.00.